The summed E-state index contributed by atoms with van der Waals surface area (Å²) in [6, 6.07) is 7.09. The first-order valence-corrected chi connectivity index (χ1v) is 10.3. The molecule has 0 aliphatic rings. The lowest BCUT2D eigenvalue weighted by Crippen LogP contribution is -2.25. The Morgan fingerprint density at radius 2 is 1.46 bits per heavy atom. The lowest BCUT2D eigenvalue weighted by atomic mass is 9.83. The molecule has 28 heavy (non-hydrogen) atoms. The molecule has 8 heteroatoms. The van der Waals surface area contributed by atoms with Gasteiger partial charge in [-0.05, 0) is 68.0 Å². The van der Waals surface area contributed by atoms with Gasteiger partial charge in [0.25, 0.3) is 0 Å². The number of carbonyl (C=O) groups excluding carboxylic acids is 1. The molecule has 0 saturated carbocycles. The van der Waals surface area contributed by atoms with E-state index in [1.165, 1.54) is 0 Å². The quantitative estimate of drug-likeness (QED) is 0.586. The van der Waals surface area contributed by atoms with Gasteiger partial charge in [-0.1, -0.05) is 29.8 Å². The molecule has 1 atom stereocenters. The molecular formula is C20H24N2O5S. The molecular weight excluding hydrogens is 380 g/mol. The van der Waals surface area contributed by atoms with E-state index in [0.717, 1.165) is 22.3 Å². The highest BCUT2D eigenvalue weighted by molar-refractivity contribution is 7.91. The monoisotopic (exact) mass is 404 g/mol. The molecule has 0 heterocycles. The Kier molecular flexibility index (Phi) is 5.94. The smallest absolute Gasteiger partial charge is 0.305 e. The van der Waals surface area contributed by atoms with Gasteiger partial charge in [-0.2, -0.15) is 0 Å². The first kappa shape index (κ1) is 21.6. The number of nitro groups is 1. The fraction of sp³-hybridized carbons (Fsp3) is 0.350. The maximum absolute atomic E-state index is 12.4. The van der Waals surface area contributed by atoms with Crippen molar-refractivity contribution in [3.63, 3.8) is 0 Å². The summed E-state index contributed by atoms with van der Waals surface area (Å²) in [6.07, 6.45) is 0. The number of primary amides is 1. The molecule has 0 fully saturated rings. The van der Waals surface area contributed by atoms with Crippen molar-refractivity contribution in [3.05, 3.63) is 73.3 Å². The summed E-state index contributed by atoms with van der Waals surface area (Å²) in [5.74, 6) is -2.47. The lowest BCUT2D eigenvalue weighted by Gasteiger charge is -2.22. The molecule has 2 aromatic carbocycles. The molecule has 0 aliphatic carbocycles. The third-order valence-electron chi connectivity index (χ3n) is 4.71. The van der Waals surface area contributed by atoms with Crippen molar-refractivity contribution in [2.24, 2.45) is 5.73 Å². The third kappa shape index (κ3) is 4.22. The third-order valence-corrected chi connectivity index (χ3v) is 6.53. The highest BCUT2D eigenvalue weighted by Gasteiger charge is 2.29. The van der Waals surface area contributed by atoms with Gasteiger partial charge in [0.1, 0.15) is 0 Å². The Morgan fingerprint density at radius 3 is 1.86 bits per heavy atom. The van der Waals surface area contributed by atoms with E-state index in [9.17, 15) is 23.3 Å². The van der Waals surface area contributed by atoms with Crippen molar-refractivity contribution in [2.75, 3.05) is 5.88 Å². The predicted molar refractivity (Wildman–Crippen MR) is 107 cm³/mol. The molecule has 0 aromatic heterocycles. The maximum Gasteiger partial charge on any atom is 0.305 e. The molecule has 0 radical (unpaired) electrons. The summed E-state index contributed by atoms with van der Waals surface area (Å²) >= 11 is 0. The number of carbonyl (C=O) groups is 1. The van der Waals surface area contributed by atoms with Crippen LogP contribution in [0.5, 0.6) is 0 Å². The highest BCUT2D eigenvalue weighted by atomic mass is 32.2. The first-order valence-electron chi connectivity index (χ1n) is 8.68. The van der Waals surface area contributed by atoms with Crippen LogP contribution in [0.2, 0.25) is 0 Å². The molecule has 1 amide bonds. The van der Waals surface area contributed by atoms with Crippen LogP contribution in [0.15, 0.2) is 29.2 Å². The SMILES string of the molecule is Cc1cc(C)c(C(C(N)=O)c2cc(C)c(S(=O)(=O)C[N+](=O)[O-])c(C)c2)c(C)c1. The molecule has 0 aliphatic heterocycles. The number of nitrogens with two attached hydrogens (primary N) is 1. The molecule has 2 aromatic rings. The van der Waals surface area contributed by atoms with Crippen LogP contribution in [0, 0.1) is 44.7 Å². The summed E-state index contributed by atoms with van der Waals surface area (Å²) in [7, 11) is -4.09. The van der Waals surface area contributed by atoms with E-state index in [1.807, 2.05) is 32.9 Å². The summed E-state index contributed by atoms with van der Waals surface area (Å²) in [5.41, 5.74) is 10.7. The number of rotatable bonds is 6. The van der Waals surface area contributed by atoms with E-state index < -0.39 is 32.5 Å². The minimum Gasteiger partial charge on any atom is -0.369 e. The fourth-order valence-electron chi connectivity index (χ4n) is 3.96. The van der Waals surface area contributed by atoms with E-state index >= 15 is 0 Å². The Labute approximate surface area is 164 Å². The summed E-state index contributed by atoms with van der Waals surface area (Å²) in [4.78, 5) is 22.1. The minimum atomic E-state index is -4.09. The van der Waals surface area contributed by atoms with E-state index in [2.05, 4.69) is 0 Å². The maximum atomic E-state index is 12.4. The average Bonchev–Trinajstić information content (AvgIpc) is 2.47. The Bertz CT molecular complexity index is 1030. The van der Waals surface area contributed by atoms with E-state index in [4.69, 9.17) is 5.73 Å². The molecule has 150 valence electrons. The van der Waals surface area contributed by atoms with Gasteiger partial charge in [0.05, 0.1) is 10.8 Å². The Hall–Kier alpha value is -2.74. The van der Waals surface area contributed by atoms with Crippen LogP contribution in [0.1, 0.15) is 44.9 Å². The van der Waals surface area contributed by atoms with Crippen molar-refractivity contribution in [1.29, 1.82) is 0 Å². The van der Waals surface area contributed by atoms with Crippen molar-refractivity contribution in [2.45, 2.75) is 45.4 Å². The zero-order valence-corrected chi connectivity index (χ0v) is 17.4. The van der Waals surface area contributed by atoms with Gasteiger partial charge in [-0.15, -0.1) is 0 Å². The Balaban J connectivity index is 2.70. The second-order valence-corrected chi connectivity index (χ2v) is 9.10. The molecule has 0 bridgehead atoms. The van der Waals surface area contributed by atoms with Crippen LogP contribution in [0.25, 0.3) is 0 Å². The number of sulfone groups is 1. The second kappa shape index (κ2) is 7.71. The second-order valence-electron chi connectivity index (χ2n) is 7.21. The standard InChI is InChI=1S/C20H24N2O5S/c1-11-6-12(2)17(13(3)7-11)18(20(21)23)16-8-14(4)19(15(5)9-16)28(26,27)10-22(24)25/h6-9,18H,10H2,1-5H3,(H2,21,23). The zero-order valence-electron chi connectivity index (χ0n) is 16.6. The fourth-order valence-corrected chi connectivity index (χ4v) is 5.47. The molecule has 2 N–H and O–H groups in total. The zero-order chi connectivity index (χ0) is 21.4. The number of nitrogens with zero attached hydrogens (tertiary/aromatic N) is 1. The number of amides is 1. The number of hydrogen-bond acceptors (Lipinski definition) is 5. The van der Waals surface area contributed by atoms with Crippen LogP contribution in [0.3, 0.4) is 0 Å². The van der Waals surface area contributed by atoms with Gasteiger partial charge in [0.15, 0.2) is 0 Å². The molecule has 0 spiro atoms. The van der Waals surface area contributed by atoms with Gasteiger partial charge >= 0.3 is 5.88 Å². The molecule has 2 rings (SSSR count). The molecule has 1 unspecified atom stereocenters. The summed E-state index contributed by atoms with van der Waals surface area (Å²) < 4.78 is 24.8. The van der Waals surface area contributed by atoms with E-state index in [0.29, 0.717) is 16.7 Å². The number of hydrogen-bond donors (Lipinski definition) is 1. The highest BCUT2D eigenvalue weighted by Crippen LogP contribution is 2.34. The van der Waals surface area contributed by atoms with Crippen molar-refractivity contribution in [1.82, 2.24) is 0 Å². The average molecular weight is 404 g/mol. The van der Waals surface area contributed by atoms with Crippen molar-refractivity contribution >= 4 is 15.7 Å². The van der Waals surface area contributed by atoms with Crippen molar-refractivity contribution in [3.8, 4) is 0 Å². The van der Waals surface area contributed by atoms with Crippen LogP contribution >= 0.6 is 0 Å². The van der Waals surface area contributed by atoms with Crippen LogP contribution in [0.4, 0.5) is 0 Å². The van der Waals surface area contributed by atoms with Gasteiger partial charge < -0.3 is 5.73 Å². The number of benzene rings is 2. The summed E-state index contributed by atoms with van der Waals surface area (Å²) in [5, 5.41) is 10.7. The number of aryl methyl sites for hydroxylation is 5. The van der Waals surface area contributed by atoms with Crippen LogP contribution in [-0.2, 0) is 14.6 Å². The van der Waals surface area contributed by atoms with Crippen LogP contribution < -0.4 is 5.73 Å². The summed E-state index contributed by atoms with van der Waals surface area (Å²) in [6.45, 7) is 8.90. The largest absolute Gasteiger partial charge is 0.369 e. The van der Waals surface area contributed by atoms with Crippen LogP contribution in [-0.4, -0.2) is 25.1 Å². The van der Waals surface area contributed by atoms with Gasteiger partial charge in [0.2, 0.25) is 15.7 Å². The molecule has 0 saturated heterocycles. The van der Waals surface area contributed by atoms with Gasteiger partial charge in [0, 0.05) is 4.92 Å². The van der Waals surface area contributed by atoms with Gasteiger partial charge in [-0.25, -0.2) is 8.42 Å². The normalized spacial score (nSPS) is 12.6. The Morgan fingerprint density at radius 1 is 1.00 bits per heavy atom. The van der Waals surface area contributed by atoms with Crippen molar-refractivity contribution < 1.29 is 18.1 Å². The van der Waals surface area contributed by atoms with E-state index in [1.54, 1.807) is 26.0 Å². The lowest BCUT2D eigenvalue weighted by molar-refractivity contribution is -0.458. The topological polar surface area (TPSA) is 120 Å². The minimum absolute atomic E-state index is 0.0754. The van der Waals surface area contributed by atoms with Gasteiger partial charge in [-0.3, -0.25) is 14.9 Å². The predicted octanol–water partition coefficient (Wildman–Crippen LogP) is 2.85. The first-order chi connectivity index (χ1) is 12.8. The molecule has 7 nitrogen and oxygen atoms in total. The van der Waals surface area contributed by atoms with E-state index in [-0.39, 0.29) is 4.90 Å².